The Hall–Kier alpha value is 0.320. The van der Waals surface area contributed by atoms with Crippen molar-refractivity contribution in [1.29, 1.82) is 0 Å². The number of aliphatic hydroxyl groups is 2. The Morgan fingerprint density at radius 3 is 1.82 bits per heavy atom. The van der Waals surface area contributed by atoms with Crippen LogP contribution in [0.15, 0.2) is 0 Å². The molecular weight excluding hydrogens is 288 g/mol. The molecule has 4 nitrogen and oxygen atoms in total. The fraction of sp³-hybridized carbons (Fsp3) is 1.00. The molecule has 0 aliphatic rings. The number of halogens is 1. The smallest absolute Gasteiger partial charge is 0.101 e. The van der Waals surface area contributed by atoms with Crippen molar-refractivity contribution < 1.29 is 19.7 Å². The van der Waals surface area contributed by atoms with Crippen molar-refractivity contribution in [2.24, 2.45) is 11.8 Å². The van der Waals surface area contributed by atoms with Crippen molar-refractivity contribution in [2.45, 2.75) is 33.0 Å². The molecule has 2 N–H and O–H groups in total. The summed E-state index contributed by atoms with van der Waals surface area (Å²) in [5.41, 5.74) is 0. The van der Waals surface area contributed by atoms with E-state index in [0.29, 0.717) is 23.8 Å². The van der Waals surface area contributed by atoms with Gasteiger partial charge in [-0.2, -0.15) is 0 Å². The van der Waals surface area contributed by atoms with E-state index in [-0.39, 0.29) is 19.8 Å². The van der Waals surface area contributed by atoms with Crippen molar-refractivity contribution >= 4 is 15.9 Å². The van der Waals surface area contributed by atoms with Crippen molar-refractivity contribution in [1.82, 2.24) is 0 Å². The van der Waals surface area contributed by atoms with Gasteiger partial charge in [0.1, 0.15) is 6.10 Å². The number of rotatable bonds is 10. The van der Waals surface area contributed by atoms with E-state index in [1.807, 2.05) is 0 Å². The number of aliphatic hydroxyl groups excluding tert-OH is 2. The molecule has 104 valence electrons. The monoisotopic (exact) mass is 312 g/mol. The molecule has 0 fully saturated rings. The molecule has 0 aromatic rings. The van der Waals surface area contributed by atoms with E-state index in [1.165, 1.54) is 0 Å². The first-order valence-corrected chi connectivity index (χ1v) is 7.17. The van der Waals surface area contributed by atoms with E-state index in [4.69, 9.17) is 9.47 Å². The van der Waals surface area contributed by atoms with Crippen LogP contribution in [0.5, 0.6) is 0 Å². The fourth-order valence-electron chi connectivity index (χ4n) is 1.02. The van der Waals surface area contributed by atoms with Gasteiger partial charge in [-0.05, 0) is 11.8 Å². The van der Waals surface area contributed by atoms with Crippen LogP contribution in [0.3, 0.4) is 0 Å². The molecule has 0 aromatic heterocycles. The first-order chi connectivity index (χ1) is 7.97. The number of ether oxygens (including phenoxy) is 2. The van der Waals surface area contributed by atoms with Crippen LogP contribution in [0.1, 0.15) is 20.8 Å². The lowest BCUT2D eigenvalue weighted by Gasteiger charge is -2.17. The summed E-state index contributed by atoms with van der Waals surface area (Å²) in [5.74, 6) is 1.07. The van der Waals surface area contributed by atoms with E-state index in [9.17, 15) is 10.2 Å². The van der Waals surface area contributed by atoms with Crippen molar-refractivity contribution in [3.05, 3.63) is 0 Å². The van der Waals surface area contributed by atoms with Gasteiger partial charge in [-0.1, -0.05) is 36.7 Å². The predicted octanol–water partition coefficient (Wildman–Crippen LogP) is 1.43. The highest BCUT2D eigenvalue weighted by Gasteiger charge is 2.10. The maximum Gasteiger partial charge on any atom is 0.101 e. The second kappa shape index (κ2) is 10.3. The molecule has 0 spiro atoms. The van der Waals surface area contributed by atoms with Gasteiger partial charge in [0.05, 0.1) is 25.9 Å². The maximum absolute atomic E-state index is 9.54. The first-order valence-electron chi connectivity index (χ1n) is 6.04. The van der Waals surface area contributed by atoms with Crippen LogP contribution >= 0.6 is 15.9 Å². The molecule has 0 amide bonds. The molecule has 0 aliphatic heterocycles. The summed E-state index contributed by atoms with van der Waals surface area (Å²) in [7, 11) is 0. The molecule has 0 saturated carbocycles. The van der Waals surface area contributed by atoms with Crippen LogP contribution in [0.4, 0.5) is 0 Å². The van der Waals surface area contributed by atoms with E-state index >= 15 is 0 Å². The van der Waals surface area contributed by atoms with Crippen LogP contribution in [0.25, 0.3) is 0 Å². The van der Waals surface area contributed by atoms with Crippen molar-refractivity contribution in [3.63, 3.8) is 0 Å². The summed E-state index contributed by atoms with van der Waals surface area (Å²) in [6, 6.07) is 0. The van der Waals surface area contributed by atoms with Gasteiger partial charge in [0.15, 0.2) is 0 Å². The van der Waals surface area contributed by atoms with Crippen LogP contribution in [0.2, 0.25) is 0 Å². The summed E-state index contributed by atoms with van der Waals surface area (Å²) in [5, 5.41) is 19.2. The van der Waals surface area contributed by atoms with Gasteiger partial charge in [-0.25, -0.2) is 0 Å². The average molecular weight is 313 g/mol. The van der Waals surface area contributed by atoms with Gasteiger partial charge in [-0.3, -0.25) is 0 Å². The highest BCUT2D eigenvalue weighted by Crippen LogP contribution is 2.09. The fourth-order valence-corrected chi connectivity index (χ4v) is 1.20. The molecule has 0 aliphatic carbocycles. The SMILES string of the molecule is CC(C)C(C)COCC(O)COCC(O)CBr. The minimum absolute atomic E-state index is 0.195. The van der Waals surface area contributed by atoms with Crippen LogP contribution in [-0.2, 0) is 9.47 Å². The summed E-state index contributed by atoms with van der Waals surface area (Å²) >= 11 is 3.14. The Kier molecular flexibility index (Phi) is 10.5. The minimum Gasteiger partial charge on any atom is -0.390 e. The zero-order chi connectivity index (χ0) is 13.3. The molecule has 0 saturated heterocycles. The zero-order valence-corrected chi connectivity index (χ0v) is 12.5. The van der Waals surface area contributed by atoms with Crippen molar-refractivity contribution in [3.8, 4) is 0 Å². The Balaban J connectivity index is 3.43. The Labute approximate surface area is 112 Å². The molecule has 0 rings (SSSR count). The lowest BCUT2D eigenvalue weighted by molar-refractivity contribution is -0.0418. The molecule has 0 bridgehead atoms. The van der Waals surface area contributed by atoms with Gasteiger partial charge in [0.2, 0.25) is 0 Å². The summed E-state index contributed by atoms with van der Waals surface area (Å²) in [4.78, 5) is 0. The highest BCUT2D eigenvalue weighted by atomic mass is 79.9. The van der Waals surface area contributed by atoms with Gasteiger partial charge in [0, 0.05) is 11.9 Å². The molecule has 0 radical (unpaired) electrons. The molecule has 3 unspecified atom stereocenters. The Morgan fingerprint density at radius 2 is 1.35 bits per heavy atom. The third kappa shape index (κ3) is 9.97. The molecule has 17 heavy (non-hydrogen) atoms. The van der Waals surface area contributed by atoms with Crippen LogP contribution in [0, 0.1) is 11.8 Å². The van der Waals surface area contributed by atoms with Gasteiger partial charge < -0.3 is 19.7 Å². The van der Waals surface area contributed by atoms with Crippen LogP contribution < -0.4 is 0 Å². The van der Waals surface area contributed by atoms with Crippen LogP contribution in [-0.4, -0.2) is 54.2 Å². The normalized spacial score (nSPS) is 17.1. The standard InChI is InChI=1S/C12H25BrO4/c1-9(2)10(3)5-16-7-12(15)8-17-6-11(14)4-13/h9-12,14-15H,4-8H2,1-3H3. The molecule has 5 heteroatoms. The van der Waals surface area contributed by atoms with Gasteiger partial charge >= 0.3 is 0 Å². The van der Waals surface area contributed by atoms with E-state index in [0.717, 1.165) is 0 Å². The maximum atomic E-state index is 9.54. The zero-order valence-electron chi connectivity index (χ0n) is 10.9. The number of alkyl halides is 1. The summed E-state index contributed by atoms with van der Waals surface area (Å²) in [6.07, 6.45) is -1.15. The van der Waals surface area contributed by atoms with Gasteiger partial charge in [-0.15, -0.1) is 0 Å². The minimum atomic E-state index is -0.628. The largest absolute Gasteiger partial charge is 0.390 e. The molecular formula is C12H25BrO4. The highest BCUT2D eigenvalue weighted by molar-refractivity contribution is 9.09. The quantitative estimate of drug-likeness (QED) is 0.599. The summed E-state index contributed by atoms with van der Waals surface area (Å²) < 4.78 is 10.5. The average Bonchev–Trinajstić information content (AvgIpc) is 2.28. The number of hydrogen-bond donors (Lipinski definition) is 2. The second-order valence-corrected chi connectivity index (χ2v) is 5.41. The number of hydrogen-bond acceptors (Lipinski definition) is 4. The first kappa shape index (κ1) is 17.3. The molecule has 3 atom stereocenters. The molecule has 0 aromatic carbocycles. The predicted molar refractivity (Wildman–Crippen MR) is 71.4 cm³/mol. The lowest BCUT2D eigenvalue weighted by atomic mass is 9.99. The third-order valence-electron chi connectivity index (χ3n) is 2.63. The van der Waals surface area contributed by atoms with Crippen molar-refractivity contribution in [2.75, 3.05) is 31.8 Å². The van der Waals surface area contributed by atoms with E-state index in [2.05, 4.69) is 36.7 Å². The summed E-state index contributed by atoms with van der Waals surface area (Å²) in [6.45, 7) is 7.77. The topological polar surface area (TPSA) is 58.9 Å². The van der Waals surface area contributed by atoms with E-state index in [1.54, 1.807) is 0 Å². The third-order valence-corrected chi connectivity index (χ3v) is 3.38. The second-order valence-electron chi connectivity index (χ2n) is 4.76. The Morgan fingerprint density at radius 1 is 0.882 bits per heavy atom. The molecule has 0 heterocycles. The Bertz CT molecular complexity index is 178. The lowest BCUT2D eigenvalue weighted by Crippen LogP contribution is -2.26. The van der Waals surface area contributed by atoms with E-state index < -0.39 is 12.2 Å². The van der Waals surface area contributed by atoms with Gasteiger partial charge in [0.25, 0.3) is 0 Å².